The lowest BCUT2D eigenvalue weighted by molar-refractivity contribution is -0.384. The fourth-order valence-electron chi connectivity index (χ4n) is 2.57. The van der Waals surface area contributed by atoms with Crippen LogP contribution in [0.4, 0.5) is 5.69 Å². The molecule has 0 bridgehead atoms. The Hall–Kier alpha value is -3.68. The number of nitrogens with zero attached hydrogens (tertiary/aromatic N) is 2. The van der Waals surface area contributed by atoms with Gasteiger partial charge in [0.25, 0.3) is 5.69 Å². The topological polar surface area (TPSA) is 100 Å². The Balaban J connectivity index is 1.88. The minimum atomic E-state index is -0.597. The van der Waals surface area contributed by atoms with Crippen molar-refractivity contribution < 1.29 is 23.9 Å². The van der Waals surface area contributed by atoms with E-state index in [1.807, 2.05) is 13.8 Å². The first-order valence-corrected chi connectivity index (χ1v) is 8.68. The van der Waals surface area contributed by atoms with Crippen molar-refractivity contribution in [1.82, 2.24) is 0 Å². The zero-order chi connectivity index (χ0) is 20.1. The summed E-state index contributed by atoms with van der Waals surface area (Å²) in [4.78, 5) is 26.6. The van der Waals surface area contributed by atoms with Gasteiger partial charge in [0.05, 0.1) is 18.1 Å². The second-order valence-corrected chi connectivity index (χ2v) is 5.71. The number of nitro groups is 1. The van der Waals surface area contributed by atoms with Crippen molar-refractivity contribution in [2.75, 3.05) is 13.2 Å². The molecule has 0 unspecified atom stereocenters. The fraction of sp³-hybridized carbons (Fsp3) is 0.200. The van der Waals surface area contributed by atoms with E-state index in [4.69, 9.17) is 14.2 Å². The molecule has 8 heteroatoms. The molecule has 2 aromatic carbocycles. The second-order valence-electron chi connectivity index (χ2n) is 5.71. The van der Waals surface area contributed by atoms with Gasteiger partial charge in [0.1, 0.15) is 0 Å². The molecular formula is C20H18N2O6. The van der Waals surface area contributed by atoms with Gasteiger partial charge in [-0.05, 0) is 49.8 Å². The summed E-state index contributed by atoms with van der Waals surface area (Å²) in [5.41, 5.74) is 1.25. The summed E-state index contributed by atoms with van der Waals surface area (Å²) in [6.07, 6.45) is 1.58. The lowest BCUT2D eigenvalue weighted by Gasteiger charge is -2.11. The molecule has 0 atom stereocenters. The number of rotatable bonds is 7. The quantitative estimate of drug-likeness (QED) is 0.313. The van der Waals surface area contributed by atoms with Crippen molar-refractivity contribution >= 4 is 23.6 Å². The first kappa shape index (κ1) is 19.1. The summed E-state index contributed by atoms with van der Waals surface area (Å²) in [7, 11) is 0. The van der Waals surface area contributed by atoms with Gasteiger partial charge >= 0.3 is 5.97 Å². The normalized spacial score (nSPS) is 14.6. The molecule has 0 N–H and O–H groups in total. The zero-order valence-electron chi connectivity index (χ0n) is 15.4. The van der Waals surface area contributed by atoms with Crippen molar-refractivity contribution in [3.63, 3.8) is 0 Å². The van der Waals surface area contributed by atoms with E-state index in [0.717, 1.165) is 0 Å². The van der Waals surface area contributed by atoms with Crippen LogP contribution >= 0.6 is 0 Å². The third-order valence-electron chi connectivity index (χ3n) is 3.82. The number of nitro benzene ring substituents is 1. The van der Waals surface area contributed by atoms with Crippen LogP contribution in [0.2, 0.25) is 0 Å². The van der Waals surface area contributed by atoms with Crippen LogP contribution in [0.5, 0.6) is 11.5 Å². The number of hydrogen-bond acceptors (Lipinski definition) is 7. The van der Waals surface area contributed by atoms with E-state index in [1.165, 1.54) is 24.3 Å². The van der Waals surface area contributed by atoms with E-state index in [0.29, 0.717) is 35.8 Å². The van der Waals surface area contributed by atoms with Crippen LogP contribution in [-0.4, -0.2) is 30.0 Å². The first-order chi connectivity index (χ1) is 13.5. The highest BCUT2D eigenvalue weighted by Crippen LogP contribution is 2.30. The number of benzene rings is 2. The van der Waals surface area contributed by atoms with Gasteiger partial charge in [0, 0.05) is 17.7 Å². The monoisotopic (exact) mass is 382 g/mol. The van der Waals surface area contributed by atoms with Crippen molar-refractivity contribution in [1.29, 1.82) is 0 Å². The molecule has 0 saturated carbocycles. The van der Waals surface area contributed by atoms with Gasteiger partial charge in [-0.2, -0.15) is 0 Å². The molecule has 0 aromatic heterocycles. The van der Waals surface area contributed by atoms with Crippen LogP contribution in [0.1, 0.15) is 25.0 Å². The molecule has 1 heterocycles. The largest absolute Gasteiger partial charge is 0.490 e. The van der Waals surface area contributed by atoms with Gasteiger partial charge < -0.3 is 14.2 Å². The number of esters is 1. The minimum Gasteiger partial charge on any atom is -0.490 e. The van der Waals surface area contributed by atoms with E-state index in [1.54, 1.807) is 24.3 Å². The van der Waals surface area contributed by atoms with Gasteiger partial charge in [-0.15, -0.1) is 0 Å². The summed E-state index contributed by atoms with van der Waals surface area (Å²) in [6.45, 7) is 4.74. The Labute approximate surface area is 161 Å². The third-order valence-corrected chi connectivity index (χ3v) is 3.82. The predicted octanol–water partition coefficient (Wildman–Crippen LogP) is 3.74. The fourth-order valence-corrected chi connectivity index (χ4v) is 2.57. The lowest BCUT2D eigenvalue weighted by atomic mass is 10.1. The average Bonchev–Trinajstić information content (AvgIpc) is 3.05. The molecule has 0 spiro atoms. The number of carbonyl (C=O) groups is 1. The Kier molecular flexibility index (Phi) is 5.69. The highest BCUT2D eigenvalue weighted by atomic mass is 16.6. The van der Waals surface area contributed by atoms with E-state index in [2.05, 4.69) is 4.99 Å². The lowest BCUT2D eigenvalue weighted by Crippen LogP contribution is -2.05. The van der Waals surface area contributed by atoms with Crippen LogP contribution < -0.4 is 9.47 Å². The molecule has 1 aliphatic heterocycles. The van der Waals surface area contributed by atoms with E-state index in [9.17, 15) is 14.9 Å². The smallest absolute Gasteiger partial charge is 0.363 e. The molecular weight excluding hydrogens is 364 g/mol. The maximum atomic E-state index is 12.1. The summed E-state index contributed by atoms with van der Waals surface area (Å²) >= 11 is 0. The van der Waals surface area contributed by atoms with Crippen LogP contribution in [0.15, 0.2) is 53.2 Å². The van der Waals surface area contributed by atoms with Crippen LogP contribution in [-0.2, 0) is 9.53 Å². The van der Waals surface area contributed by atoms with Crippen molar-refractivity contribution in [3.05, 3.63) is 69.4 Å². The van der Waals surface area contributed by atoms with Gasteiger partial charge in [0.2, 0.25) is 5.90 Å². The molecule has 0 aliphatic carbocycles. The molecule has 144 valence electrons. The number of carbonyl (C=O) groups excluding carboxylic acids is 1. The first-order valence-electron chi connectivity index (χ1n) is 8.68. The van der Waals surface area contributed by atoms with E-state index in [-0.39, 0.29) is 17.3 Å². The Bertz CT molecular complexity index is 963. The predicted molar refractivity (Wildman–Crippen MR) is 102 cm³/mol. The number of hydrogen-bond donors (Lipinski definition) is 0. The van der Waals surface area contributed by atoms with Gasteiger partial charge in [-0.25, -0.2) is 9.79 Å². The minimum absolute atomic E-state index is 0.0534. The molecule has 28 heavy (non-hydrogen) atoms. The number of cyclic esters (lactones) is 1. The summed E-state index contributed by atoms with van der Waals surface area (Å²) in [6, 6.07) is 10.9. The number of ether oxygens (including phenoxy) is 3. The van der Waals surface area contributed by atoms with Crippen LogP contribution in [0, 0.1) is 10.1 Å². The van der Waals surface area contributed by atoms with Gasteiger partial charge in [-0.3, -0.25) is 10.1 Å². The van der Waals surface area contributed by atoms with Crippen LogP contribution in [0.25, 0.3) is 6.08 Å². The maximum absolute atomic E-state index is 12.1. The maximum Gasteiger partial charge on any atom is 0.363 e. The van der Waals surface area contributed by atoms with E-state index >= 15 is 0 Å². The summed E-state index contributed by atoms with van der Waals surface area (Å²) < 4.78 is 16.3. The van der Waals surface area contributed by atoms with Crippen molar-refractivity contribution in [3.8, 4) is 11.5 Å². The molecule has 0 radical (unpaired) electrons. The molecule has 0 fully saturated rings. The van der Waals surface area contributed by atoms with Crippen molar-refractivity contribution in [2.24, 2.45) is 4.99 Å². The van der Waals surface area contributed by atoms with Crippen molar-refractivity contribution in [2.45, 2.75) is 13.8 Å². The summed E-state index contributed by atoms with van der Waals surface area (Å²) in [5, 5.41) is 10.7. The number of non-ortho nitro benzene ring substituents is 1. The Morgan fingerprint density at radius 2 is 1.75 bits per heavy atom. The van der Waals surface area contributed by atoms with Gasteiger partial charge in [-0.1, -0.05) is 6.07 Å². The molecule has 8 nitrogen and oxygen atoms in total. The second kappa shape index (κ2) is 8.34. The zero-order valence-corrected chi connectivity index (χ0v) is 15.4. The molecule has 0 saturated heterocycles. The highest BCUT2D eigenvalue weighted by molar-refractivity contribution is 6.12. The SMILES string of the molecule is CCOc1ccc(/C=C2\N=C(c3ccc([N+](=O)[O-])cc3)OC2=O)cc1OCC. The Morgan fingerprint density at radius 3 is 2.39 bits per heavy atom. The van der Waals surface area contributed by atoms with Crippen LogP contribution in [0.3, 0.4) is 0 Å². The van der Waals surface area contributed by atoms with E-state index < -0.39 is 10.9 Å². The summed E-state index contributed by atoms with van der Waals surface area (Å²) in [5.74, 6) is 0.697. The molecule has 2 aromatic rings. The number of aliphatic imine (C=N–C) groups is 1. The standard InChI is InChI=1S/C20H18N2O6/c1-3-26-17-10-5-13(12-18(17)27-4-2)11-16-20(23)28-19(21-16)14-6-8-15(9-7-14)22(24)25/h5-12H,3-4H2,1-2H3/b16-11-. The molecule has 3 rings (SSSR count). The highest BCUT2D eigenvalue weighted by Gasteiger charge is 2.24. The molecule has 1 aliphatic rings. The Morgan fingerprint density at radius 1 is 1.07 bits per heavy atom. The van der Waals surface area contributed by atoms with Gasteiger partial charge in [0.15, 0.2) is 17.2 Å². The molecule has 0 amide bonds. The average molecular weight is 382 g/mol. The third kappa shape index (κ3) is 4.17.